The lowest BCUT2D eigenvalue weighted by molar-refractivity contribution is -0.147. The topological polar surface area (TPSA) is 75.4 Å². The standard InChI is InChI=1S/C13H19N3O3/c1-4-9-7-10(15(3)14-9)11(17)16-6-5-13(2,8-16)12(18)19/h7H,4-6,8H2,1-3H3,(H,18,19). The highest BCUT2D eigenvalue weighted by atomic mass is 16.4. The maximum absolute atomic E-state index is 12.4. The summed E-state index contributed by atoms with van der Waals surface area (Å²) in [5, 5.41) is 13.4. The lowest BCUT2D eigenvalue weighted by atomic mass is 9.90. The second kappa shape index (κ2) is 4.68. The van der Waals surface area contributed by atoms with Gasteiger partial charge in [0.15, 0.2) is 0 Å². The third kappa shape index (κ3) is 2.34. The quantitative estimate of drug-likeness (QED) is 0.881. The number of aryl methyl sites for hydroxylation is 2. The number of carboxylic acid groups (broad SMARTS) is 1. The molecule has 19 heavy (non-hydrogen) atoms. The van der Waals surface area contributed by atoms with E-state index in [1.807, 2.05) is 6.92 Å². The maximum Gasteiger partial charge on any atom is 0.311 e. The van der Waals surface area contributed by atoms with Crippen LogP contribution in [0.3, 0.4) is 0 Å². The molecule has 1 atom stereocenters. The summed E-state index contributed by atoms with van der Waals surface area (Å²) in [6.07, 6.45) is 1.26. The van der Waals surface area contributed by atoms with Crippen LogP contribution in [0.4, 0.5) is 0 Å². The Morgan fingerprint density at radius 2 is 2.21 bits per heavy atom. The SMILES string of the molecule is CCc1cc(C(=O)N2CCC(C)(C(=O)O)C2)n(C)n1. The van der Waals surface area contributed by atoms with Crippen molar-refractivity contribution < 1.29 is 14.7 Å². The van der Waals surface area contributed by atoms with Crippen molar-refractivity contribution in [3.63, 3.8) is 0 Å². The van der Waals surface area contributed by atoms with E-state index < -0.39 is 11.4 Å². The monoisotopic (exact) mass is 265 g/mol. The maximum atomic E-state index is 12.4. The molecule has 1 amide bonds. The molecule has 104 valence electrons. The van der Waals surface area contributed by atoms with Crippen LogP contribution >= 0.6 is 0 Å². The smallest absolute Gasteiger partial charge is 0.311 e. The fraction of sp³-hybridized carbons (Fsp3) is 0.615. The van der Waals surface area contributed by atoms with Gasteiger partial charge in [-0.25, -0.2) is 0 Å². The van der Waals surface area contributed by atoms with Crippen LogP contribution in [0.15, 0.2) is 6.07 Å². The molecule has 0 saturated carbocycles. The number of carbonyl (C=O) groups excluding carboxylic acids is 1. The fourth-order valence-corrected chi connectivity index (χ4v) is 2.37. The molecule has 2 heterocycles. The fourth-order valence-electron chi connectivity index (χ4n) is 2.37. The first-order chi connectivity index (χ1) is 8.87. The summed E-state index contributed by atoms with van der Waals surface area (Å²) in [7, 11) is 1.73. The zero-order valence-electron chi connectivity index (χ0n) is 11.5. The van der Waals surface area contributed by atoms with Crippen molar-refractivity contribution in [2.75, 3.05) is 13.1 Å². The van der Waals surface area contributed by atoms with Gasteiger partial charge >= 0.3 is 5.97 Å². The summed E-state index contributed by atoms with van der Waals surface area (Å²) in [5.41, 5.74) is 0.555. The summed E-state index contributed by atoms with van der Waals surface area (Å²) in [4.78, 5) is 25.2. The highest BCUT2D eigenvalue weighted by Crippen LogP contribution is 2.31. The molecule has 1 aromatic rings. The molecule has 0 spiro atoms. The van der Waals surface area contributed by atoms with Gasteiger partial charge in [-0.2, -0.15) is 5.10 Å². The van der Waals surface area contributed by atoms with Crippen LogP contribution in [-0.2, 0) is 18.3 Å². The van der Waals surface area contributed by atoms with Crippen LogP contribution in [0.1, 0.15) is 36.5 Å². The lowest BCUT2D eigenvalue weighted by Gasteiger charge is -2.20. The molecule has 0 radical (unpaired) electrons. The summed E-state index contributed by atoms with van der Waals surface area (Å²) in [6.45, 7) is 4.40. The number of aromatic nitrogens is 2. The Bertz CT molecular complexity index is 523. The van der Waals surface area contributed by atoms with E-state index in [0.29, 0.717) is 18.7 Å². The Balaban J connectivity index is 2.17. The van der Waals surface area contributed by atoms with E-state index in [4.69, 9.17) is 0 Å². The number of likely N-dealkylation sites (tertiary alicyclic amines) is 1. The molecule has 1 aliphatic heterocycles. The number of hydrogen-bond donors (Lipinski definition) is 1. The molecule has 1 N–H and O–H groups in total. The van der Waals surface area contributed by atoms with E-state index in [9.17, 15) is 14.7 Å². The molecule has 1 saturated heterocycles. The van der Waals surface area contributed by atoms with Crippen molar-refractivity contribution in [2.45, 2.75) is 26.7 Å². The number of amides is 1. The average molecular weight is 265 g/mol. The minimum atomic E-state index is -0.845. The van der Waals surface area contributed by atoms with Gasteiger partial charge in [-0.05, 0) is 25.8 Å². The van der Waals surface area contributed by atoms with Crippen LogP contribution in [0.5, 0.6) is 0 Å². The first-order valence-electron chi connectivity index (χ1n) is 6.43. The molecule has 1 fully saturated rings. The van der Waals surface area contributed by atoms with Crippen LogP contribution < -0.4 is 0 Å². The lowest BCUT2D eigenvalue weighted by Crippen LogP contribution is -2.35. The van der Waals surface area contributed by atoms with Gasteiger partial charge in [-0.3, -0.25) is 14.3 Å². The van der Waals surface area contributed by atoms with Gasteiger partial charge in [0.2, 0.25) is 0 Å². The number of carboxylic acids is 1. The van der Waals surface area contributed by atoms with Gasteiger partial charge in [-0.1, -0.05) is 6.92 Å². The minimum Gasteiger partial charge on any atom is -0.481 e. The Morgan fingerprint density at radius 3 is 2.68 bits per heavy atom. The first kappa shape index (κ1) is 13.6. The number of hydrogen-bond acceptors (Lipinski definition) is 3. The molecule has 0 aliphatic carbocycles. The molecule has 2 rings (SSSR count). The molecular weight excluding hydrogens is 246 g/mol. The molecular formula is C13H19N3O3. The minimum absolute atomic E-state index is 0.139. The third-order valence-corrected chi connectivity index (χ3v) is 3.79. The van der Waals surface area contributed by atoms with Crippen molar-refractivity contribution in [3.05, 3.63) is 17.5 Å². The van der Waals surface area contributed by atoms with Gasteiger partial charge in [-0.15, -0.1) is 0 Å². The second-order valence-electron chi connectivity index (χ2n) is 5.34. The van der Waals surface area contributed by atoms with Gasteiger partial charge in [0.05, 0.1) is 11.1 Å². The number of rotatable bonds is 3. The van der Waals surface area contributed by atoms with Gasteiger partial charge in [0.1, 0.15) is 5.69 Å². The largest absolute Gasteiger partial charge is 0.481 e. The van der Waals surface area contributed by atoms with Crippen molar-refractivity contribution in [1.29, 1.82) is 0 Å². The van der Waals surface area contributed by atoms with E-state index in [1.54, 1.807) is 29.6 Å². The zero-order valence-corrected chi connectivity index (χ0v) is 11.5. The van der Waals surface area contributed by atoms with Crippen molar-refractivity contribution >= 4 is 11.9 Å². The molecule has 6 nitrogen and oxygen atoms in total. The summed E-state index contributed by atoms with van der Waals surface area (Å²) in [6, 6.07) is 1.78. The number of aliphatic carboxylic acids is 1. The molecule has 1 aliphatic rings. The van der Waals surface area contributed by atoms with E-state index in [1.165, 1.54) is 0 Å². The Labute approximate surface area is 112 Å². The van der Waals surface area contributed by atoms with Crippen LogP contribution in [0.2, 0.25) is 0 Å². The Hall–Kier alpha value is -1.85. The Morgan fingerprint density at radius 1 is 1.53 bits per heavy atom. The summed E-state index contributed by atoms with van der Waals surface area (Å²) < 4.78 is 1.57. The molecule has 0 aromatic carbocycles. The third-order valence-electron chi connectivity index (χ3n) is 3.79. The van der Waals surface area contributed by atoms with Crippen LogP contribution in [0, 0.1) is 5.41 Å². The average Bonchev–Trinajstić information content (AvgIpc) is 2.93. The second-order valence-corrected chi connectivity index (χ2v) is 5.34. The van der Waals surface area contributed by atoms with Gasteiger partial charge in [0.25, 0.3) is 5.91 Å². The molecule has 6 heteroatoms. The molecule has 0 bridgehead atoms. The van der Waals surface area contributed by atoms with Crippen molar-refractivity contribution in [2.24, 2.45) is 12.5 Å². The van der Waals surface area contributed by atoms with E-state index in [2.05, 4.69) is 5.10 Å². The van der Waals surface area contributed by atoms with E-state index in [0.717, 1.165) is 12.1 Å². The normalized spacial score (nSPS) is 22.8. The predicted octanol–water partition coefficient (Wildman–Crippen LogP) is 0.919. The predicted molar refractivity (Wildman–Crippen MR) is 68.8 cm³/mol. The zero-order chi connectivity index (χ0) is 14.2. The van der Waals surface area contributed by atoms with E-state index in [-0.39, 0.29) is 12.5 Å². The van der Waals surface area contributed by atoms with Gasteiger partial charge in [0, 0.05) is 20.1 Å². The van der Waals surface area contributed by atoms with Crippen molar-refractivity contribution in [3.8, 4) is 0 Å². The van der Waals surface area contributed by atoms with Crippen LogP contribution in [-0.4, -0.2) is 44.8 Å². The summed E-state index contributed by atoms with van der Waals surface area (Å²) >= 11 is 0. The first-order valence-corrected chi connectivity index (χ1v) is 6.43. The molecule has 1 unspecified atom stereocenters. The number of nitrogens with zero attached hydrogens (tertiary/aromatic N) is 3. The Kier molecular flexibility index (Phi) is 3.34. The van der Waals surface area contributed by atoms with Gasteiger partial charge < -0.3 is 10.0 Å². The molecule has 1 aromatic heterocycles. The number of carbonyl (C=O) groups is 2. The highest BCUT2D eigenvalue weighted by molar-refractivity contribution is 5.93. The van der Waals surface area contributed by atoms with E-state index >= 15 is 0 Å². The van der Waals surface area contributed by atoms with Crippen molar-refractivity contribution in [1.82, 2.24) is 14.7 Å². The highest BCUT2D eigenvalue weighted by Gasteiger charge is 2.42. The summed E-state index contributed by atoms with van der Waals surface area (Å²) in [5.74, 6) is -0.985. The van der Waals surface area contributed by atoms with Crippen LogP contribution in [0.25, 0.3) is 0 Å².